The number of hydrogen-bond acceptors (Lipinski definition) is 3. The Balaban J connectivity index is 1.83. The maximum absolute atomic E-state index is 13.4. The van der Waals surface area contributed by atoms with Crippen molar-refractivity contribution in [1.29, 1.82) is 0 Å². The lowest BCUT2D eigenvalue weighted by Crippen LogP contribution is -2.47. The first-order chi connectivity index (χ1) is 13.2. The predicted octanol–water partition coefficient (Wildman–Crippen LogP) is 4.40. The van der Waals surface area contributed by atoms with E-state index in [0.717, 1.165) is 59.6 Å². The molecule has 0 aliphatic carbocycles. The number of carbonyl (C=O) groups is 1. The van der Waals surface area contributed by atoms with Crippen LogP contribution in [0, 0.1) is 0 Å². The molecular weight excluding hydrogens is 338 g/mol. The molecule has 27 heavy (non-hydrogen) atoms. The average molecular weight is 363 g/mol. The fraction of sp³-hybridized carbons (Fsp3) is 0.348. The average Bonchev–Trinajstić information content (AvgIpc) is 2.74. The standard InChI is InChI=1S/C23H25NO3/c1-26-19-10-6-16(7-11-19)21-15-18-5-3-4-14-24(18)23(25)22(21)17-8-12-20(27-2)13-9-17/h6-13,18H,3-5,14-15H2,1-2H3. The van der Waals surface area contributed by atoms with E-state index in [1.807, 2.05) is 36.4 Å². The van der Waals surface area contributed by atoms with Crippen LogP contribution in [0.4, 0.5) is 0 Å². The number of amides is 1. The maximum Gasteiger partial charge on any atom is 0.255 e. The second kappa shape index (κ2) is 7.47. The molecule has 1 saturated heterocycles. The fourth-order valence-electron chi connectivity index (χ4n) is 4.20. The van der Waals surface area contributed by atoms with Crippen LogP contribution in [0.5, 0.6) is 11.5 Å². The number of rotatable bonds is 4. The fourth-order valence-corrected chi connectivity index (χ4v) is 4.20. The molecule has 1 atom stereocenters. The minimum Gasteiger partial charge on any atom is -0.497 e. The van der Waals surface area contributed by atoms with Crippen LogP contribution in [-0.2, 0) is 4.79 Å². The SMILES string of the molecule is COc1ccc(C2=C(c3ccc(OC)cc3)C(=O)N3CCCCC3C2)cc1. The van der Waals surface area contributed by atoms with Gasteiger partial charge < -0.3 is 14.4 Å². The van der Waals surface area contributed by atoms with Crippen LogP contribution in [0.1, 0.15) is 36.8 Å². The molecule has 2 aromatic rings. The van der Waals surface area contributed by atoms with Gasteiger partial charge in [0.2, 0.25) is 0 Å². The van der Waals surface area contributed by atoms with E-state index >= 15 is 0 Å². The summed E-state index contributed by atoms with van der Waals surface area (Å²) in [7, 11) is 3.32. The number of ether oxygens (including phenoxy) is 2. The quantitative estimate of drug-likeness (QED) is 0.808. The lowest BCUT2D eigenvalue weighted by atomic mass is 9.82. The van der Waals surface area contributed by atoms with Gasteiger partial charge in [-0.1, -0.05) is 24.3 Å². The predicted molar refractivity (Wildman–Crippen MR) is 107 cm³/mol. The van der Waals surface area contributed by atoms with E-state index in [4.69, 9.17) is 9.47 Å². The Morgan fingerprint density at radius 2 is 1.44 bits per heavy atom. The molecule has 2 aromatic carbocycles. The highest BCUT2D eigenvalue weighted by molar-refractivity contribution is 6.28. The zero-order valence-corrected chi connectivity index (χ0v) is 15.9. The number of piperidine rings is 1. The molecule has 4 heteroatoms. The topological polar surface area (TPSA) is 38.8 Å². The summed E-state index contributed by atoms with van der Waals surface area (Å²) in [6.45, 7) is 0.860. The summed E-state index contributed by atoms with van der Waals surface area (Å²) < 4.78 is 10.6. The minimum atomic E-state index is 0.155. The van der Waals surface area contributed by atoms with Crippen molar-refractivity contribution in [3.63, 3.8) is 0 Å². The van der Waals surface area contributed by atoms with Crippen LogP contribution in [0.3, 0.4) is 0 Å². The Morgan fingerprint density at radius 1 is 0.852 bits per heavy atom. The number of carbonyl (C=O) groups excluding carboxylic acids is 1. The van der Waals surface area contributed by atoms with Crippen LogP contribution < -0.4 is 9.47 Å². The van der Waals surface area contributed by atoms with Gasteiger partial charge in [-0.3, -0.25) is 4.79 Å². The van der Waals surface area contributed by atoms with Crippen LogP contribution in [0.15, 0.2) is 48.5 Å². The molecule has 0 N–H and O–H groups in total. The van der Waals surface area contributed by atoms with Crippen LogP contribution in [0.25, 0.3) is 11.1 Å². The van der Waals surface area contributed by atoms with Crippen LogP contribution in [0.2, 0.25) is 0 Å². The molecular formula is C23H25NO3. The molecule has 0 bridgehead atoms. The Kier molecular flexibility index (Phi) is 4.88. The first-order valence-corrected chi connectivity index (χ1v) is 9.54. The summed E-state index contributed by atoms with van der Waals surface area (Å²) in [5.41, 5.74) is 4.01. The Bertz CT molecular complexity index is 852. The first-order valence-electron chi connectivity index (χ1n) is 9.54. The van der Waals surface area contributed by atoms with Crippen LogP contribution in [-0.4, -0.2) is 37.6 Å². The molecule has 2 aliphatic heterocycles. The lowest BCUT2D eigenvalue weighted by molar-refractivity contribution is -0.128. The molecule has 1 fully saturated rings. The van der Waals surface area contributed by atoms with Gasteiger partial charge in [-0.25, -0.2) is 0 Å². The highest BCUT2D eigenvalue weighted by Gasteiger charge is 2.36. The Hall–Kier alpha value is -2.75. The van der Waals surface area contributed by atoms with E-state index < -0.39 is 0 Å². The third kappa shape index (κ3) is 3.32. The Morgan fingerprint density at radius 3 is 2.04 bits per heavy atom. The molecule has 0 aromatic heterocycles. The van der Waals surface area contributed by atoms with Crippen molar-refractivity contribution in [3.05, 3.63) is 59.7 Å². The third-order valence-corrected chi connectivity index (χ3v) is 5.66. The van der Waals surface area contributed by atoms with Crippen molar-refractivity contribution in [2.45, 2.75) is 31.7 Å². The van der Waals surface area contributed by atoms with Gasteiger partial charge in [0.25, 0.3) is 5.91 Å². The number of hydrogen-bond donors (Lipinski definition) is 0. The molecule has 2 aliphatic rings. The van der Waals surface area contributed by atoms with E-state index in [9.17, 15) is 4.79 Å². The molecule has 4 nitrogen and oxygen atoms in total. The first kappa shape index (κ1) is 17.7. The maximum atomic E-state index is 13.4. The summed E-state index contributed by atoms with van der Waals surface area (Å²) in [6.07, 6.45) is 4.28. The number of benzene rings is 2. The van der Waals surface area contributed by atoms with Gasteiger partial charge in [-0.05, 0) is 66.6 Å². The summed E-state index contributed by atoms with van der Waals surface area (Å²) in [5.74, 6) is 1.78. The van der Waals surface area contributed by atoms with Gasteiger partial charge in [0.1, 0.15) is 11.5 Å². The van der Waals surface area contributed by atoms with Crippen molar-refractivity contribution in [1.82, 2.24) is 4.90 Å². The number of fused-ring (bicyclic) bond motifs is 1. The monoisotopic (exact) mass is 363 g/mol. The van der Waals surface area contributed by atoms with Gasteiger partial charge in [-0.15, -0.1) is 0 Å². The molecule has 4 rings (SSSR count). The minimum absolute atomic E-state index is 0.155. The largest absolute Gasteiger partial charge is 0.497 e. The highest BCUT2D eigenvalue weighted by atomic mass is 16.5. The van der Waals surface area contributed by atoms with Crippen molar-refractivity contribution < 1.29 is 14.3 Å². The lowest BCUT2D eigenvalue weighted by Gasteiger charge is -2.41. The summed E-state index contributed by atoms with van der Waals surface area (Å²) in [4.78, 5) is 15.5. The van der Waals surface area contributed by atoms with Gasteiger partial charge in [-0.2, -0.15) is 0 Å². The van der Waals surface area contributed by atoms with Gasteiger partial charge in [0.05, 0.1) is 19.8 Å². The molecule has 1 amide bonds. The normalized spacial score (nSPS) is 19.7. The molecule has 140 valence electrons. The zero-order valence-electron chi connectivity index (χ0n) is 15.9. The van der Waals surface area contributed by atoms with Crippen LogP contribution >= 0.6 is 0 Å². The Labute approximate surface area is 160 Å². The van der Waals surface area contributed by atoms with Crippen molar-refractivity contribution in [2.75, 3.05) is 20.8 Å². The van der Waals surface area contributed by atoms with E-state index in [2.05, 4.69) is 17.0 Å². The highest BCUT2D eigenvalue weighted by Crippen LogP contribution is 2.40. The molecule has 0 radical (unpaired) electrons. The molecule has 0 saturated carbocycles. The van der Waals surface area contributed by atoms with Gasteiger partial charge >= 0.3 is 0 Å². The van der Waals surface area contributed by atoms with E-state index in [0.29, 0.717) is 6.04 Å². The second-order valence-electron chi connectivity index (χ2n) is 7.16. The molecule has 0 spiro atoms. The summed E-state index contributed by atoms with van der Waals surface area (Å²) in [6, 6.07) is 16.2. The van der Waals surface area contributed by atoms with Crippen molar-refractivity contribution >= 4 is 17.1 Å². The summed E-state index contributed by atoms with van der Waals surface area (Å²) >= 11 is 0. The zero-order chi connectivity index (χ0) is 18.8. The van der Waals surface area contributed by atoms with E-state index in [1.165, 1.54) is 6.42 Å². The van der Waals surface area contributed by atoms with E-state index in [1.54, 1.807) is 14.2 Å². The summed E-state index contributed by atoms with van der Waals surface area (Å²) in [5, 5.41) is 0. The molecule has 1 unspecified atom stereocenters. The van der Waals surface area contributed by atoms with Crippen molar-refractivity contribution in [3.8, 4) is 11.5 Å². The van der Waals surface area contributed by atoms with Crippen molar-refractivity contribution in [2.24, 2.45) is 0 Å². The third-order valence-electron chi connectivity index (χ3n) is 5.66. The number of methoxy groups -OCH3 is 2. The molecule has 2 heterocycles. The smallest absolute Gasteiger partial charge is 0.255 e. The second-order valence-corrected chi connectivity index (χ2v) is 7.16. The number of nitrogens with zero attached hydrogens (tertiary/aromatic N) is 1. The van der Waals surface area contributed by atoms with Gasteiger partial charge in [0, 0.05) is 12.6 Å². The van der Waals surface area contributed by atoms with Gasteiger partial charge in [0.15, 0.2) is 0 Å². The van der Waals surface area contributed by atoms with E-state index in [-0.39, 0.29) is 5.91 Å².